The molecule has 0 saturated heterocycles. The number of hydrogen-bond donors (Lipinski definition) is 1. The summed E-state index contributed by atoms with van der Waals surface area (Å²) in [4.78, 5) is 9.96. The summed E-state index contributed by atoms with van der Waals surface area (Å²) in [6, 6.07) is 4.44. The van der Waals surface area contributed by atoms with Crippen LogP contribution in [-0.2, 0) is 0 Å². The van der Waals surface area contributed by atoms with Crippen LogP contribution in [-0.4, -0.2) is 16.6 Å². The van der Waals surface area contributed by atoms with Crippen LogP contribution in [0.3, 0.4) is 0 Å². The summed E-state index contributed by atoms with van der Waals surface area (Å²) in [5.74, 6) is 5.20. The van der Waals surface area contributed by atoms with E-state index in [4.69, 9.17) is 5.11 Å². The monoisotopic (exact) mass is 191 g/mol. The topological polar surface area (TPSA) is 63.4 Å². The van der Waals surface area contributed by atoms with Gasteiger partial charge in [0.25, 0.3) is 5.69 Å². The molecule has 0 aliphatic carbocycles. The maximum Gasteiger partial charge on any atom is 0.269 e. The van der Waals surface area contributed by atoms with Gasteiger partial charge in [-0.15, -0.1) is 0 Å². The largest absolute Gasteiger partial charge is 0.384 e. The minimum Gasteiger partial charge on any atom is -0.384 e. The number of non-ortho nitro benzene ring substituents is 1. The highest BCUT2D eigenvalue weighted by atomic mass is 16.6. The van der Waals surface area contributed by atoms with Crippen molar-refractivity contribution in [3.05, 3.63) is 39.4 Å². The number of nitrogens with zero attached hydrogens (tertiary/aromatic N) is 1. The molecule has 0 aliphatic rings. The zero-order valence-corrected chi connectivity index (χ0v) is 7.65. The lowest BCUT2D eigenvalue weighted by Crippen LogP contribution is -1.90. The first-order valence-corrected chi connectivity index (χ1v) is 4.00. The van der Waals surface area contributed by atoms with Crippen molar-refractivity contribution in [3.8, 4) is 11.8 Å². The number of rotatable bonds is 1. The SMILES string of the molecule is Cc1cc([N+](=O)[O-])ccc1C#CCO. The summed E-state index contributed by atoms with van der Waals surface area (Å²) in [6.45, 7) is 1.53. The van der Waals surface area contributed by atoms with Crippen molar-refractivity contribution in [2.24, 2.45) is 0 Å². The second-order valence-electron chi connectivity index (χ2n) is 2.72. The van der Waals surface area contributed by atoms with Crippen LogP contribution in [0.25, 0.3) is 0 Å². The van der Waals surface area contributed by atoms with Gasteiger partial charge in [0.2, 0.25) is 0 Å². The Morgan fingerprint density at radius 2 is 2.29 bits per heavy atom. The number of nitro benzene ring substituents is 1. The molecule has 0 spiro atoms. The third-order valence-corrected chi connectivity index (χ3v) is 1.72. The Hall–Kier alpha value is -1.86. The highest BCUT2D eigenvalue weighted by Gasteiger charge is 2.05. The van der Waals surface area contributed by atoms with Gasteiger partial charge in [-0.05, 0) is 18.6 Å². The summed E-state index contributed by atoms with van der Waals surface area (Å²) in [5, 5.41) is 18.9. The molecule has 0 unspecified atom stereocenters. The fourth-order valence-corrected chi connectivity index (χ4v) is 1.04. The first kappa shape index (κ1) is 10.2. The van der Waals surface area contributed by atoms with E-state index in [0.717, 1.165) is 5.56 Å². The Bertz CT molecular complexity index is 415. The van der Waals surface area contributed by atoms with Crippen molar-refractivity contribution in [1.29, 1.82) is 0 Å². The lowest BCUT2D eigenvalue weighted by atomic mass is 10.1. The second-order valence-corrected chi connectivity index (χ2v) is 2.72. The van der Waals surface area contributed by atoms with Crippen LogP contribution in [0.5, 0.6) is 0 Å². The van der Waals surface area contributed by atoms with Crippen LogP contribution in [0.1, 0.15) is 11.1 Å². The van der Waals surface area contributed by atoms with E-state index in [1.807, 2.05) is 0 Å². The first-order chi connectivity index (χ1) is 6.65. The summed E-state index contributed by atoms with van der Waals surface area (Å²) >= 11 is 0. The molecule has 0 radical (unpaired) electrons. The van der Waals surface area contributed by atoms with Gasteiger partial charge < -0.3 is 5.11 Å². The molecule has 14 heavy (non-hydrogen) atoms. The number of aliphatic hydroxyl groups excluding tert-OH is 1. The van der Waals surface area contributed by atoms with Crippen molar-refractivity contribution < 1.29 is 10.0 Å². The molecule has 0 bridgehead atoms. The minimum atomic E-state index is -0.448. The van der Waals surface area contributed by atoms with Crippen molar-refractivity contribution in [3.63, 3.8) is 0 Å². The molecule has 1 N–H and O–H groups in total. The molecular weight excluding hydrogens is 182 g/mol. The normalized spacial score (nSPS) is 9.00. The van der Waals surface area contributed by atoms with Crippen LogP contribution in [0.4, 0.5) is 5.69 Å². The number of benzene rings is 1. The summed E-state index contributed by atoms with van der Waals surface area (Å²) < 4.78 is 0. The number of aryl methyl sites for hydroxylation is 1. The fraction of sp³-hybridized carbons (Fsp3) is 0.200. The van der Waals surface area contributed by atoms with Gasteiger partial charge in [-0.1, -0.05) is 11.8 Å². The Labute approximate surface area is 81.3 Å². The van der Waals surface area contributed by atoms with Crippen LogP contribution in [0.15, 0.2) is 18.2 Å². The predicted octanol–water partition coefficient (Wildman–Crippen LogP) is 1.25. The number of nitro groups is 1. The maximum atomic E-state index is 10.4. The molecule has 0 aromatic heterocycles. The first-order valence-electron chi connectivity index (χ1n) is 4.00. The zero-order valence-electron chi connectivity index (χ0n) is 7.65. The Morgan fingerprint density at radius 1 is 1.57 bits per heavy atom. The van der Waals surface area contributed by atoms with Gasteiger partial charge in [0, 0.05) is 17.7 Å². The summed E-state index contributed by atoms with van der Waals surface area (Å²) in [5.41, 5.74) is 1.49. The molecule has 0 fully saturated rings. The average Bonchev–Trinajstić information content (AvgIpc) is 2.15. The van der Waals surface area contributed by atoms with E-state index in [-0.39, 0.29) is 12.3 Å². The van der Waals surface area contributed by atoms with Gasteiger partial charge in [0.15, 0.2) is 0 Å². The average molecular weight is 191 g/mol. The minimum absolute atomic E-state index is 0.0528. The molecule has 0 heterocycles. The van der Waals surface area contributed by atoms with E-state index >= 15 is 0 Å². The second kappa shape index (κ2) is 4.40. The van der Waals surface area contributed by atoms with Crippen molar-refractivity contribution >= 4 is 5.69 Å². The van der Waals surface area contributed by atoms with Crippen LogP contribution >= 0.6 is 0 Å². The lowest BCUT2D eigenvalue weighted by Gasteiger charge is -1.97. The third kappa shape index (κ3) is 2.31. The molecule has 0 amide bonds. The van der Waals surface area contributed by atoms with Gasteiger partial charge >= 0.3 is 0 Å². The van der Waals surface area contributed by atoms with Gasteiger partial charge in [0.05, 0.1) is 4.92 Å². The fourth-order valence-electron chi connectivity index (χ4n) is 1.04. The molecule has 4 nitrogen and oxygen atoms in total. The van der Waals surface area contributed by atoms with Crippen molar-refractivity contribution in [1.82, 2.24) is 0 Å². The maximum absolute atomic E-state index is 10.4. The predicted molar refractivity (Wildman–Crippen MR) is 51.8 cm³/mol. The standard InChI is InChI=1S/C10H9NO3/c1-8-7-10(11(13)14)5-4-9(8)3-2-6-12/h4-5,7,12H,6H2,1H3. The van der Waals surface area contributed by atoms with Gasteiger partial charge in [0.1, 0.15) is 6.61 Å². The Kier molecular flexibility index (Phi) is 3.21. The molecule has 0 atom stereocenters. The molecular formula is C10H9NO3. The lowest BCUT2D eigenvalue weighted by molar-refractivity contribution is -0.384. The molecule has 1 rings (SSSR count). The zero-order chi connectivity index (χ0) is 10.6. The van der Waals surface area contributed by atoms with E-state index < -0.39 is 4.92 Å². The molecule has 4 heteroatoms. The molecule has 0 saturated carbocycles. The van der Waals surface area contributed by atoms with E-state index in [2.05, 4.69) is 11.8 Å². The smallest absolute Gasteiger partial charge is 0.269 e. The molecule has 72 valence electrons. The summed E-state index contributed by atoms with van der Waals surface area (Å²) in [7, 11) is 0. The molecule has 1 aromatic rings. The van der Waals surface area contributed by atoms with Crippen LogP contribution in [0, 0.1) is 28.9 Å². The Balaban J connectivity index is 3.07. The highest BCUT2D eigenvalue weighted by molar-refractivity contribution is 5.47. The van der Waals surface area contributed by atoms with E-state index in [1.165, 1.54) is 12.1 Å². The van der Waals surface area contributed by atoms with Crippen molar-refractivity contribution in [2.45, 2.75) is 6.92 Å². The van der Waals surface area contributed by atoms with E-state index in [1.54, 1.807) is 13.0 Å². The van der Waals surface area contributed by atoms with E-state index in [9.17, 15) is 10.1 Å². The third-order valence-electron chi connectivity index (χ3n) is 1.72. The van der Waals surface area contributed by atoms with Crippen LogP contribution in [0.2, 0.25) is 0 Å². The molecule has 0 aliphatic heterocycles. The van der Waals surface area contributed by atoms with Crippen molar-refractivity contribution in [2.75, 3.05) is 6.61 Å². The highest BCUT2D eigenvalue weighted by Crippen LogP contribution is 2.15. The van der Waals surface area contributed by atoms with Gasteiger partial charge in [-0.3, -0.25) is 10.1 Å². The van der Waals surface area contributed by atoms with Crippen LogP contribution < -0.4 is 0 Å². The van der Waals surface area contributed by atoms with E-state index in [0.29, 0.717) is 5.56 Å². The Morgan fingerprint density at radius 3 is 2.79 bits per heavy atom. The summed E-state index contributed by atoms with van der Waals surface area (Å²) in [6.07, 6.45) is 0. The van der Waals surface area contributed by atoms with Gasteiger partial charge in [-0.25, -0.2) is 0 Å². The number of aliphatic hydroxyl groups is 1. The molecule has 1 aromatic carbocycles. The number of hydrogen-bond acceptors (Lipinski definition) is 3. The van der Waals surface area contributed by atoms with Gasteiger partial charge in [-0.2, -0.15) is 0 Å². The quantitative estimate of drug-likeness (QED) is 0.412.